The molecule has 1 aromatic rings. The summed E-state index contributed by atoms with van der Waals surface area (Å²) in [5, 5.41) is 0. The molecule has 0 nitrogen and oxygen atoms in total. The van der Waals surface area contributed by atoms with Crippen LogP contribution < -0.4 is 0 Å². The molecule has 3 heteroatoms. The zero-order chi connectivity index (χ0) is 55.6. The van der Waals surface area contributed by atoms with Gasteiger partial charge in [0.15, 0.2) is 0 Å². The van der Waals surface area contributed by atoms with Crippen LogP contribution in [0.4, 0.5) is 0 Å². The average Bonchev–Trinajstić information content (AvgIpc) is 3.46. The van der Waals surface area contributed by atoms with E-state index in [-0.39, 0.29) is 0 Å². The molecule has 0 aliphatic heterocycles. The zero-order valence-corrected chi connectivity index (χ0v) is 56.6. The molecule has 1 aromatic carbocycles. The summed E-state index contributed by atoms with van der Waals surface area (Å²) in [5.41, 5.74) is 0. The van der Waals surface area contributed by atoms with Gasteiger partial charge in [-0.05, 0) is 48.7 Å². The lowest BCUT2D eigenvalue weighted by Gasteiger charge is -2.14. The molecule has 0 amide bonds. The lowest BCUT2D eigenvalue weighted by atomic mass is 10.0. The Hall–Kier alpha value is 0.270. The number of thioether (sulfide) groups is 3. The van der Waals surface area contributed by atoms with Crippen molar-refractivity contribution in [1.82, 2.24) is 0 Å². The van der Waals surface area contributed by atoms with Gasteiger partial charge >= 0.3 is 0 Å². The normalized spacial score (nSPS) is 11.7. The standard InChI is InChI=1S/C75H144S3/c1-4-7-10-13-16-19-22-25-28-31-34-37-40-43-46-49-52-55-58-61-64-70-76-73-68-67-69-74(77-71-65-62-59-56-53-50-47-44-41-38-35-32-29-26-23-20-17-14-11-8-5-2)75(73)78-72-66-63-60-57-54-51-48-45-42-39-36-33-30-27-24-21-18-15-12-9-6-3/h67-69H,4-66,70-72H2,1-3H3. The first kappa shape index (κ1) is 76.3. The molecule has 0 unspecified atom stereocenters. The van der Waals surface area contributed by atoms with E-state index in [0.717, 1.165) is 0 Å². The fourth-order valence-electron chi connectivity index (χ4n) is 12.0. The van der Waals surface area contributed by atoms with Crippen molar-refractivity contribution in [3.8, 4) is 0 Å². The Labute approximate surface area is 507 Å². The summed E-state index contributed by atoms with van der Waals surface area (Å²) in [6.45, 7) is 6.96. The van der Waals surface area contributed by atoms with Gasteiger partial charge in [-0.15, -0.1) is 35.3 Å². The molecule has 0 aromatic heterocycles. The van der Waals surface area contributed by atoms with Crippen molar-refractivity contribution in [3.05, 3.63) is 18.2 Å². The van der Waals surface area contributed by atoms with E-state index >= 15 is 0 Å². The third-order valence-electron chi connectivity index (χ3n) is 17.4. The molecule has 78 heavy (non-hydrogen) atoms. The van der Waals surface area contributed by atoms with Crippen molar-refractivity contribution in [1.29, 1.82) is 0 Å². The Balaban J connectivity index is 2.25. The summed E-state index contributed by atoms with van der Waals surface area (Å²) in [7, 11) is 0. The Kier molecular flexibility index (Phi) is 66.6. The number of hydrogen-bond acceptors (Lipinski definition) is 3. The van der Waals surface area contributed by atoms with Crippen LogP contribution in [0, 0.1) is 0 Å². The summed E-state index contributed by atoms with van der Waals surface area (Å²) in [5.74, 6) is 3.88. The molecule has 0 bridgehead atoms. The van der Waals surface area contributed by atoms with E-state index in [1.54, 1.807) is 14.7 Å². The lowest BCUT2D eigenvalue weighted by molar-refractivity contribution is 0.521. The van der Waals surface area contributed by atoms with Crippen LogP contribution in [-0.2, 0) is 0 Å². The van der Waals surface area contributed by atoms with Gasteiger partial charge in [-0.2, -0.15) is 0 Å². The molecular formula is C75H144S3. The maximum absolute atomic E-state index is 2.46. The first-order valence-corrected chi connectivity index (χ1v) is 39.8. The maximum Gasteiger partial charge on any atom is 0.0344 e. The lowest BCUT2D eigenvalue weighted by Crippen LogP contribution is -1.91. The van der Waals surface area contributed by atoms with Gasteiger partial charge in [-0.1, -0.05) is 412 Å². The van der Waals surface area contributed by atoms with Crippen LogP contribution >= 0.6 is 35.3 Å². The molecular weight excluding hydrogens is 997 g/mol. The fourth-order valence-corrected chi connectivity index (χ4v) is 15.7. The van der Waals surface area contributed by atoms with E-state index in [1.165, 1.54) is 422 Å². The molecule has 462 valence electrons. The van der Waals surface area contributed by atoms with Gasteiger partial charge in [0.1, 0.15) is 0 Å². The molecule has 0 saturated heterocycles. The summed E-state index contributed by atoms with van der Waals surface area (Å²) >= 11 is 6.56. The molecule has 0 aliphatic carbocycles. The van der Waals surface area contributed by atoms with Crippen LogP contribution in [0.5, 0.6) is 0 Å². The summed E-state index contributed by atoms with van der Waals surface area (Å²) in [4.78, 5) is 4.80. The van der Waals surface area contributed by atoms with Crippen molar-refractivity contribution < 1.29 is 0 Å². The molecule has 0 heterocycles. The molecule has 0 atom stereocenters. The van der Waals surface area contributed by atoms with E-state index in [4.69, 9.17) is 0 Å². The second-order valence-corrected chi connectivity index (χ2v) is 28.7. The van der Waals surface area contributed by atoms with E-state index in [1.807, 2.05) is 0 Å². The minimum absolute atomic E-state index is 1.29. The van der Waals surface area contributed by atoms with Crippen LogP contribution in [-0.4, -0.2) is 17.3 Å². The van der Waals surface area contributed by atoms with Crippen LogP contribution in [0.15, 0.2) is 32.9 Å². The average molecular weight is 1140 g/mol. The van der Waals surface area contributed by atoms with Crippen LogP contribution in [0.2, 0.25) is 0 Å². The van der Waals surface area contributed by atoms with Gasteiger partial charge in [-0.25, -0.2) is 0 Å². The van der Waals surface area contributed by atoms with Gasteiger partial charge in [0, 0.05) is 14.7 Å². The van der Waals surface area contributed by atoms with Gasteiger partial charge in [-0.3, -0.25) is 0 Å². The molecule has 1 rings (SSSR count). The summed E-state index contributed by atoms with van der Waals surface area (Å²) < 4.78 is 0. The van der Waals surface area contributed by atoms with Crippen LogP contribution in [0.1, 0.15) is 425 Å². The number of unbranched alkanes of at least 4 members (excludes halogenated alkanes) is 60. The third kappa shape index (κ3) is 58.1. The SMILES string of the molecule is CCCCCCCCCCCCCCCCCCCCCCCSc1cccc(SCCCCCCCCCCCCCCCCCCCCCCC)c1SCCCCCCCCCCCCCCCCCCCCCCC. The van der Waals surface area contributed by atoms with E-state index in [9.17, 15) is 0 Å². The second-order valence-electron chi connectivity index (χ2n) is 25.3. The Morgan fingerprint density at radius 1 is 0.179 bits per heavy atom. The number of benzene rings is 1. The molecule has 0 saturated carbocycles. The van der Waals surface area contributed by atoms with E-state index < -0.39 is 0 Å². The fraction of sp³-hybridized carbons (Fsp3) is 0.920. The van der Waals surface area contributed by atoms with Crippen molar-refractivity contribution >= 4 is 35.3 Å². The van der Waals surface area contributed by atoms with Crippen molar-refractivity contribution in [3.63, 3.8) is 0 Å². The second kappa shape index (κ2) is 68.1. The first-order valence-electron chi connectivity index (χ1n) is 36.8. The van der Waals surface area contributed by atoms with Crippen LogP contribution in [0.3, 0.4) is 0 Å². The Bertz CT molecular complexity index is 1160. The predicted octanol–water partition coefficient (Wildman–Crippen LogP) is 29.6. The van der Waals surface area contributed by atoms with Crippen molar-refractivity contribution in [2.24, 2.45) is 0 Å². The molecule has 0 fully saturated rings. The quantitative estimate of drug-likeness (QED) is 0.0471. The third-order valence-corrected chi connectivity index (χ3v) is 21.2. The van der Waals surface area contributed by atoms with Gasteiger partial charge in [0.25, 0.3) is 0 Å². The highest BCUT2D eigenvalue weighted by Gasteiger charge is 2.11. The minimum atomic E-state index is 1.29. The highest BCUT2D eigenvalue weighted by atomic mass is 32.2. The summed E-state index contributed by atoms with van der Waals surface area (Å²) in [6.07, 6.45) is 92.0. The number of hydrogen-bond donors (Lipinski definition) is 0. The Morgan fingerprint density at radius 2 is 0.321 bits per heavy atom. The molecule has 0 spiro atoms. The predicted molar refractivity (Wildman–Crippen MR) is 367 cm³/mol. The molecule has 0 aliphatic rings. The first-order chi connectivity index (χ1) is 38.8. The van der Waals surface area contributed by atoms with Gasteiger partial charge in [0.2, 0.25) is 0 Å². The highest BCUT2D eigenvalue weighted by Crippen LogP contribution is 2.40. The number of rotatable bonds is 69. The van der Waals surface area contributed by atoms with Gasteiger partial charge < -0.3 is 0 Å². The Morgan fingerprint density at radius 3 is 0.487 bits per heavy atom. The summed E-state index contributed by atoms with van der Waals surface area (Å²) in [6, 6.07) is 7.31. The van der Waals surface area contributed by atoms with Crippen molar-refractivity contribution in [2.45, 2.75) is 440 Å². The molecule has 0 radical (unpaired) electrons. The smallest absolute Gasteiger partial charge is 0.0344 e. The highest BCUT2D eigenvalue weighted by molar-refractivity contribution is 8.03. The van der Waals surface area contributed by atoms with E-state index in [2.05, 4.69) is 74.3 Å². The zero-order valence-electron chi connectivity index (χ0n) is 54.1. The largest absolute Gasteiger partial charge is 0.125 e. The van der Waals surface area contributed by atoms with E-state index in [0.29, 0.717) is 0 Å². The van der Waals surface area contributed by atoms with Crippen molar-refractivity contribution in [2.75, 3.05) is 17.3 Å². The maximum atomic E-state index is 2.46. The van der Waals surface area contributed by atoms with Crippen LogP contribution in [0.25, 0.3) is 0 Å². The monoisotopic (exact) mass is 1140 g/mol. The van der Waals surface area contributed by atoms with Gasteiger partial charge in [0.05, 0.1) is 0 Å². The molecule has 0 N–H and O–H groups in total. The minimum Gasteiger partial charge on any atom is -0.125 e. The topological polar surface area (TPSA) is 0 Å².